The minimum Gasteiger partial charge on any atom is -0.364 e. The minimum atomic E-state index is -0.355. The summed E-state index contributed by atoms with van der Waals surface area (Å²) in [4.78, 5) is 22.3. The molecule has 17 heavy (non-hydrogen) atoms. The van der Waals surface area contributed by atoms with E-state index in [1.165, 1.54) is 0 Å². The van der Waals surface area contributed by atoms with Crippen molar-refractivity contribution < 1.29 is 9.59 Å². The average Bonchev–Trinajstić information content (AvgIpc) is 2.37. The van der Waals surface area contributed by atoms with Crippen LogP contribution in [0.1, 0.15) is 22.3 Å². The van der Waals surface area contributed by atoms with Crippen LogP contribution in [-0.4, -0.2) is 24.1 Å². The van der Waals surface area contributed by atoms with E-state index in [0.29, 0.717) is 24.4 Å². The van der Waals surface area contributed by atoms with E-state index in [1.807, 2.05) is 12.1 Å². The normalized spacial score (nSPS) is 18.1. The summed E-state index contributed by atoms with van der Waals surface area (Å²) in [5, 5.41) is 6.03. The van der Waals surface area contributed by atoms with Crippen molar-refractivity contribution >= 4 is 29.4 Å². The number of Topliss-reactive ketones (excluding diaryl/α,β-unsaturated/α-hetero) is 1. The summed E-state index contributed by atoms with van der Waals surface area (Å²) in [5.41, 5.74) is 2.55. The number of benzene rings is 1. The standard InChI is InChI=1S/C12H13ClN2O2/c13-4-3-11(17)8-1-2-10-9(5-8)6-14-12(7-16)15-10/h1-2,5,7,12,14-15H,3-4,6H2. The lowest BCUT2D eigenvalue weighted by Crippen LogP contribution is -2.41. The predicted octanol–water partition coefficient (Wildman–Crippen LogP) is 1.54. The van der Waals surface area contributed by atoms with E-state index in [1.54, 1.807) is 6.07 Å². The Morgan fingerprint density at radius 3 is 3.06 bits per heavy atom. The van der Waals surface area contributed by atoms with Gasteiger partial charge in [-0.1, -0.05) is 0 Å². The highest BCUT2D eigenvalue weighted by atomic mass is 35.5. The molecule has 1 atom stereocenters. The average molecular weight is 253 g/mol. The van der Waals surface area contributed by atoms with Crippen LogP contribution in [0.2, 0.25) is 0 Å². The second-order valence-electron chi connectivity index (χ2n) is 3.87. The summed E-state index contributed by atoms with van der Waals surface area (Å²) in [6.45, 7) is 0.577. The summed E-state index contributed by atoms with van der Waals surface area (Å²) in [6, 6.07) is 5.42. The van der Waals surface area contributed by atoms with Crippen molar-refractivity contribution in [2.24, 2.45) is 0 Å². The molecule has 0 amide bonds. The molecule has 0 spiro atoms. The number of carbonyl (C=O) groups excluding carboxylic acids is 2. The van der Waals surface area contributed by atoms with Gasteiger partial charge in [-0.3, -0.25) is 14.9 Å². The molecule has 2 N–H and O–H groups in total. The molecule has 0 aliphatic carbocycles. The molecule has 0 saturated heterocycles. The zero-order valence-corrected chi connectivity index (χ0v) is 9.96. The highest BCUT2D eigenvalue weighted by molar-refractivity contribution is 6.19. The van der Waals surface area contributed by atoms with Crippen LogP contribution in [0.5, 0.6) is 0 Å². The fourth-order valence-corrected chi connectivity index (χ4v) is 1.98. The monoisotopic (exact) mass is 252 g/mol. The first-order valence-electron chi connectivity index (χ1n) is 5.42. The van der Waals surface area contributed by atoms with Crippen molar-refractivity contribution in [1.29, 1.82) is 0 Å². The third kappa shape index (κ3) is 2.65. The molecule has 5 heteroatoms. The topological polar surface area (TPSA) is 58.2 Å². The highest BCUT2D eigenvalue weighted by Crippen LogP contribution is 2.21. The van der Waals surface area contributed by atoms with Crippen LogP contribution in [0.15, 0.2) is 18.2 Å². The van der Waals surface area contributed by atoms with Gasteiger partial charge in [0.2, 0.25) is 0 Å². The summed E-state index contributed by atoms with van der Waals surface area (Å²) < 4.78 is 0. The van der Waals surface area contributed by atoms with Gasteiger partial charge >= 0.3 is 0 Å². The number of carbonyl (C=O) groups is 2. The Balaban J connectivity index is 2.21. The number of hydrogen-bond acceptors (Lipinski definition) is 4. The van der Waals surface area contributed by atoms with Gasteiger partial charge in [0, 0.05) is 30.1 Å². The molecule has 2 rings (SSSR count). The fraction of sp³-hybridized carbons (Fsp3) is 0.333. The Hall–Kier alpha value is -1.39. The third-order valence-electron chi connectivity index (χ3n) is 2.71. The zero-order valence-electron chi connectivity index (χ0n) is 9.20. The van der Waals surface area contributed by atoms with Crippen molar-refractivity contribution in [3.05, 3.63) is 29.3 Å². The van der Waals surface area contributed by atoms with Gasteiger partial charge in [-0.05, 0) is 23.8 Å². The van der Waals surface area contributed by atoms with Crippen LogP contribution >= 0.6 is 11.6 Å². The number of ketones is 1. The summed E-state index contributed by atoms with van der Waals surface area (Å²) in [7, 11) is 0. The van der Waals surface area contributed by atoms with E-state index in [0.717, 1.165) is 17.5 Å². The molecule has 1 aliphatic heterocycles. The molecule has 1 aromatic carbocycles. The first-order valence-corrected chi connectivity index (χ1v) is 5.95. The van der Waals surface area contributed by atoms with Crippen molar-refractivity contribution in [1.82, 2.24) is 5.32 Å². The third-order valence-corrected chi connectivity index (χ3v) is 2.90. The van der Waals surface area contributed by atoms with Crippen molar-refractivity contribution in [3.63, 3.8) is 0 Å². The van der Waals surface area contributed by atoms with Gasteiger partial charge in [0.15, 0.2) is 12.1 Å². The molecule has 1 heterocycles. The number of halogens is 1. The largest absolute Gasteiger partial charge is 0.364 e. The fourth-order valence-electron chi connectivity index (χ4n) is 1.80. The van der Waals surface area contributed by atoms with Crippen molar-refractivity contribution in [2.75, 3.05) is 11.2 Å². The van der Waals surface area contributed by atoms with Crippen molar-refractivity contribution in [2.45, 2.75) is 19.1 Å². The van der Waals surface area contributed by atoms with E-state index in [2.05, 4.69) is 10.6 Å². The Morgan fingerprint density at radius 1 is 1.53 bits per heavy atom. The maximum absolute atomic E-state index is 11.7. The lowest BCUT2D eigenvalue weighted by atomic mass is 10.0. The van der Waals surface area contributed by atoms with Crippen LogP contribution in [-0.2, 0) is 11.3 Å². The molecule has 90 valence electrons. The molecule has 0 saturated carbocycles. The van der Waals surface area contributed by atoms with E-state index < -0.39 is 0 Å². The number of aldehydes is 1. The number of fused-ring (bicyclic) bond motifs is 1. The highest BCUT2D eigenvalue weighted by Gasteiger charge is 2.17. The number of rotatable bonds is 4. The van der Waals surface area contributed by atoms with Gasteiger partial charge < -0.3 is 5.32 Å². The van der Waals surface area contributed by atoms with E-state index in [-0.39, 0.29) is 11.9 Å². The molecule has 1 aromatic rings. The smallest absolute Gasteiger partial charge is 0.164 e. The molecular weight excluding hydrogens is 240 g/mol. The molecule has 0 aromatic heterocycles. The van der Waals surface area contributed by atoms with Crippen LogP contribution < -0.4 is 10.6 Å². The quantitative estimate of drug-likeness (QED) is 0.485. The van der Waals surface area contributed by atoms with Crippen LogP contribution in [0.25, 0.3) is 0 Å². The summed E-state index contributed by atoms with van der Waals surface area (Å²) in [5.74, 6) is 0.375. The minimum absolute atomic E-state index is 0.0420. The van der Waals surface area contributed by atoms with E-state index in [4.69, 9.17) is 11.6 Å². The molecule has 0 radical (unpaired) electrons. The molecule has 4 nitrogen and oxygen atoms in total. The first-order chi connectivity index (χ1) is 8.24. The van der Waals surface area contributed by atoms with Gasteiger partial charge in [0.25, 0.3) is 0 Å². The maximum Gasteiger partial charge on any atom is 0.164 e. The molecule has 0 bridgehead atoms. The SMILES string of the molecule is O=CC1NCc2cc(C(=O)CCCl)ccc2N1. The van der Waals surface area contributed by atoms with Gasteiger partial charge in [0.05, 0.1) is 0 Å². The van der Waals surface area contributed by atoms with Crippen LogP contribution in [0.3, 0.4) is 0 Å². The Bertz CT molecular complexity index is 448. The lowest BCUT2D eigenvalue weighted by molar-refractivity contribution is -0.109. The predicted molar refractivity (Wildman–Crippen MR) is 66.4 cm³/mol. The second kappa shape index (κ2) is 5.29. The number of anilines is 1. The van der Waals surface area contributed by atoms with Crippen LogP contribution in [0, 0.1) is 0 Å². The lowest BCUT2D eigenvalue weighted by Gasteiger charge is -2.24. The molecular formula is C12H13ClN2O2. The number of hydrogen-bond donors (Lipinski definition) is 2. The Kier molecular flexibility index (Phi) is 3.76. The summed E-state index contributed by atoms with van der Waals surface area (Å²) in [6.07, 6.45) is 0.806. The molecule has 1 unspecified atom stereocenters. The van der Waals surface area contributed by atoms with Crippen LogP contribution in [0.4, 0.5) is 5.69 Å². The van der Waals surface area contributed by atoms with Crippen molar-refractivity contribution in [3.8, 4) is 0 Å². The van der Waals surface area contributed by atoms with Gasteiger partial charge in [-0.2, -0.15) is 0 Å². The second-order valence-corrected chi connectivity index (χ2v) is 4.25. The maximum atomic E-state index is 11.7. The van der Waals surface area contributed by atoms with E-state index in [9.17, 15) is 9.59 Å². The van der Waals surface area contributed by atoms with E-state index >= 15 is 0 Å². The molecule has 1 aliphatic rings. The first kappa shape index (κ1) is 12.1. The summed E-state index contributed by atoms with van der Waals surface area (Å²) >= 11 is 5.54. The Morgan fingerprint density at radius 2 is 2.35 bits per heavy atom. The van der Waals surface area contributed by atoms with Gasteiger partial charge in [-0.15, -0.1) is 11.6 Å². The number of alkyl halides is 1. The van der Waals surface area contributed by atoms with Gasteiger partial charge in [-0.25, -0.2) is 0 Å². The zero-order chi connectivity index (χ0) is 12.3. The number of nitrogens with one attached hydrogen (secondary N) is 2. The molecule has 0 fully saturated rings. The Labute approximate surface area is 104 Å². The van der Waals surface area contributed by atoms with Gasteiger partial charge in [0.1, 0.15) is 6.17 Å².